The van der Waals surface area contributed by atoms with Gasteiger partial charge in [-0.2, -0.15) is 5.10 Å². The van der Waals surface area contributed by atoms with Gasteiger partial charge in [-0.25, -0.2) is 5.43 Å². The molecule has 8 heteroatoms. The minimum atomic E-state index is -0.135. The fourth-order valence-corrected chi connectivity index (χ4v) is 3.81. The van der Waals surface area contributed by atoms with Gasteiger partial charge in [-0.3, -0.25) is 9.69 Å². The molecule has 0 bridgehead atoms. The lowest BCUT2D eigenvalue weighted by Gasteiger charge is -2.25. The SMILES string of the molecule is CCN(CC)c1ccc(/C=N/NC(=O)CN2CCOCC2)c(OCc2ccc(I)cc2)c1. The van der Waals surface area contributed by atoms with Crippen LogP contribution in [0.1, 0.15) is 25.0 Å². The number of carbonyl (C=O) groups excluding carboxylic acids is 1. The highest BCUT2D eigenvalue weighted by atomic mass is 127. The Morgan fingerprint density at radius 3 is 2.59 bits per heavy atom. The molecule has 1 heterocycles. The largest absolute Gasteiger partial charge is 0.488 e. The van der Waals surface area contributed by atoms with Gasteiger partial charge in [0.15, 0.2) is 0 Å². The van der Waals surface area contributed by atoms with Gasteiger partial charge in [0.2, 0.25) is 0 Å². The van der Waals surface area contributed by atoms with Crippen LogP contribution < -0.4 is 15.1 Å². The standard InChI is InChI=1S/C24H31IN4O3/c1-3-29(4-2)22-10-7-20(16-26-27-24(30)17-28-11-13-31-14-12-28)23(15-22)32-18-19-5-8-21(25)9-6-19/h5-10,15-16H,3-4,11-14,17-18H2,1-2H3,(H,27,30)/b26-16+. The van der Waals surface area contributed by atoms with E-state index in [9.17, 15) is 4.79 Å². The average Bonchev–Trinajstić information content (AvgIpc) is 2.81. The molecule has 1 N–H and O–H groups in total. The highest BCUT2D eigenvalue weighted by molar-refractivity contribution is 14.1. The molecule has 1 amide bonds. The molecule has 32 heavy (non-hydrogen) atoms. The van der Waals surface area contributed by atoms with Crippen LogP contribution in [0.5, 0.6) is 5.75 Å². The molecule has 172 valence electrons. The number of ether oxygens (including phenoxy) is 2. The smallest absolute Gasteiger partial charge is 0.254 e. The summed E-state index contributed by atoms with van der Waals surface area (Å²) >= 11 is 2.29. The predicted octanol–water partition coefficient (Wildman–Crippen LogP) is 3.50. The number of carbonyl (C=O) groups is 1. The number of halogens is 1. The second-order valence-electron chi connectivity index (χ2n) is 7.49. The molecule has 1 saturated heterocycles. The topological polar surface area (TPSA) is 66.4 Å². The number of hydrogen-bond acceptors (Lipinski definition) is 6. The van der Waals surface area contributed by atoms with Gasteiger partial charge in [-0.15, -0.1) is 0 Å². The van der Waals surface area contributed by atoms with Crippen molar-refractivity contribution in [2.75, 3.05) is 50.8 Å². The van der Waals surface area contributed by atoms with Gasteiger partial charge in [0.25, 0.3) is 5.91 Å². The van der Waals surface area contributed by atoms with Gasteiger partial charge < -0.3 is 14.4 Å². The molecule has 1 fully saturated rings. The molecule has 3 rings (SSSR count). The molecule has 0 saturated carbocycles. The van der Waals surface area contributed by atoms with Crippen LogP contribution in [-0.2, 0) is 16.1 Å². The van der Waals surface area contributed by atoms with E-state index in [0.29, 0.717) is 26.4 Å². The Kier molecular flexibility index (Phi) is 9.76. The zero-order valence-corrected chi connectivity index (χ0v) is 20.9. The summed E-state index contributed by atoms with van der Waals surface area (Å²) in [6.07, 6.45) is 1.65. The van der Waals surface area contributed by atoms with E-state index < -0.39 is 0 Å². The summed E-state index contributed by atoms with van der Waals surface area (Å²) in [7, 11) is 0. The summed E-state index contributed by atoms with van der Waals surface area (Å²) in [6, 6.07) is 14.3. The maximum Gasteiger partial charge on any atom is 0.254 e. The summed E-state index contributed by atoms with van der Waals surface area (Å²) in [5.41, 5.74) is 5.64. The van der Waals surface area contributed by atoms with Gasteiger partial charge in [0.05, 0.1) is 26.0 Å². The molecule has 2 aromatic rings. The third-order valence-corrected chi connectivity index (χ3v) is 6.02. The summed E-state index contributed by atoms with van der Waals surface area (Å²) in [4.78, 5) is 16.5. The molecule has 1 aliphatic heterocycles. The number of nitrogens with one attached hydrogen (secondary N) is 1. The van der Waals surface area contributed by atoms with E-state index in [4.69, 9.17) is 9.47 Å². The van der Waals surface area contributed by atoms with Gasteiger partial charge in [0, 0.05) is 47.1 Å². The number of benzene rings is 2. The molecule has 0 aromatic heterocycles. The summed E-state index contributed by atoms with van der Waals surface area (Å²) in [5, 5.41) is 4.17. The number of rotatable bonds is 10. The fourth-order valence-electron chi connectivity index (χ4n) is 3.45. The molecule has 1 aliphatic rings. The van der Waals surface area contributed by atoms with E-state index in [0.717, 1.165) is 48.7 Å². The number of amides is 1. The third kappa shape index (κ3) is 7.46. The Bertz CT molecular complexity index is 895. The van der Waals surface area contributed by atoms with Gasteiger partial charge in [-0.05, 0) is 66.3 Å². The Labute approximate surface area is 203 Å². The van der Waals surface area contributed by atoms with Crippen LogP contribution in [0, 0.1) is 3.57 Å². The van der Waals surface area contributed by atoms with Gasteiger partial charge in [0.1, 0.15) is 12.4 Å². The Hall–Kier alpha value is -2.17. The first-order chi connectivity index (χ1) is 15.6. The zero-order valence-electron chi connectivity index (χ0n) is 18.7. The lowest BCUT2D eigenvalue weighted by Crippen LogP contribution is -2.42. The van der Waals surface area contributed by atoms with Crippen LogP contribution in [0.4, 0.5) is 5.69 Å². The predicted molar refractivity (Wildman–Crippen MR) is 136 cm³/mol. The maximum atomic E-state index is 12.2. The number of hydrazone groups is 1. The monoisotopic (exact) mass is 550 g/mol. The van der Waals surface area contributed by atoms with Gasteiger partial charge in [-0.1, -0.05) is 12.1 Å². The molecule has 0 spiro atoms. The molecular weight excluding hydrogens is 519 g/mol. The normalized spacial score (nSPS) is 14.5. The van der Waals surface area contributed by atoms with Crippen LogP contribution in [0.3, 0.4) is 0 Å². The number of hydrogen-bond donors (Lipinski definition) is 1. The van der Waals surface area contributed by atoms with Crippen molar-refractivity contribution in [2.45, 2.75) is 20.5 Å². The molecular formula is C24H31IN4O3. The van der Waals surface area contributed by atoms with E-state index in [2.05, 4.69) is 87.1 Å². The van der Waals surface area contributed by atoms with Crippen LogP contribution in [-0.4, -0.2) is 63.0 Å². The van der Waals surface area contributed by atoms with E-state index in [-0.39, 0.29) is 5.91 Å². The first-order valence-corrected chi connectivity index (χ1v) is 12.0. The molecule has 7 nitrogen and oxygen atoms in total. The minimum absolute atomic E-state index is 0.135. The van der Waals surface area contributed by atoms with E-state index in [1.807, 2.05) is 12.1 Å². The Balaban J connectivity index is 1.68. The Morgan fingerprint density at radius 1 is 1.19 bits per heavy atom. The summed E-state index contributed by atoms with van der Waals surface area (Å²) in [5.74, 6) is 0.600. The molecule has 0 unspecified atom stereocenters. The molecule has 0 atom stereocenters. The lowest BCUT2D eigenvalue weighted by molar-refractivity contribution is -0.123. The highest BCUT2D eigenvalue weighted by Gasteiger charge is 2.14. The van der Waals surface area contributed by atoms with Crippen molar-refractivity contribution in [2.24, 2.45) is 5.10 Å². The zero-order chi connectivity index (χ0) is 22.8. The van der Waals surface area contributed by atoms with E-state index >= 15 is 0 Å². The lowest BCUT2D eigenvalue weighted by atomic mass is 10.1. The molecule has 0 radical (unpaired) electrons. The third-order valence-electron chi connectivity index (χ3n) is 5.30. The quantitative estimate of drug-likeness (QED) is 0.279. The summed E-state index contributed by atoms with van der Waals surface area (Å²) in [6.45, 7) is 9.73. The maximum absolute atomic E-state index is 12.2. The molecule has 0 aliphatic carbocycles. The number of morpholine rings is 1. The first kappa shape index (κ1) is 24.5. The highest BCUT2D eigenvalue weighted by Crippen LogP contribution is 2.26. The van der Waals surface area contributed by atoms with Gasteiger partial charge >= 0.3 is 0 Å². The fraction of sp³-hybridized carbons (Fsp3) is 0.417. The number of anilines is 1. The van der Waals surface area contributed by atoms with Crippen molar-refractivity contribution in [3.05, 3.63) is 57.2 Å². The van der Waals surface area contributed by atoms with Crippen molar-refractivity contribution in [1.29, 1.82) is 0 Å². The van der Waals surface area contributed by atoms with E-state index in [1.165, 1.54) is 3.57 Å². The van der Waals surface area contributed by atoms with Crippen molar-refractivity contribution in [1.82, 2.24) is 10.3 Å². The Morgan fingerprint density at radius 2 is 1.91 bits per heavy atom. The van der Waals surface area contributed by atoms with E-state index in [1.54, 1.807) is 6.21 Å². The van der Waals surface area contributed by atoms with Crippen molar-refractivity contribution in [3.63, 3.8) is 0 Å². The van der Waals surface area contributed by atoms with Crippen LogP contribution >= 0.6 is 22.6 Å². The van der Waals surface area contributed by atoms with Crippen molar-refractivity contribution >= 4 is 40.4 Å². The van der Waals surface area contributed by atoms with Crippen LogP contribution in [0.15, 0.2) is 47.6 Å². The van der Waals surface area contributed by atoms with Crippen molar-refractivity contribution in [3.8, 4) is 5.75 Å². The van der Waals surface area contributed by atoms with Crippen molar-refractivity contribution < 1.29 is 14.3 Å². The number of nitrogens with zero attached hydrogens (tertiary/aromatic N) is 3. The second kappa shape index (κ2) is 12.8. The summed E-state index contributed by atoms with van der Waals surface area (Å²) < 4.78 is 12.7. The minimum Gasteiger partial charge on any atom is -0.488 e. The second-order valence-corrected chi connectivity index (χ2v) is 8.74. The van der Waals surface area contributed by atoms with Crippen LogP contribution in [0.25, 0.3) is 0 Å². The average molecular weight is 550 g/mol. The van der Waals surface area contributed by atoms with Crippen LogP contribution in [0.2, 0.25) is 0 Å². The molecule has 2 aromatic carbocycles. The first-order valence-electron chi connectivity index (χ1n) is 11.0.